The lowest BCUT2D eigenvalue weighted by Gasteiger charge is -2.30. The molecule has 2 saturated heterocycles. The van der Waals surface area contributed by atoms with E-state index in [4.69, 9.17) is 15.3 Å². The highest BCUT2D eigenvalue weighted by molar-refractivity contribution is 5.90. The molecule has 1 N–H and O–H groups in total. The topological polar surface area (TPSA) is 109 Å². The van der Waals surface area contributed by atoms with Crippen LogP contribution in [0.4, 0.5) is 16.2 Å². The molecule has 2 aliphatic heterocycles. The van der Waals surface area contributed by atoms with Crippen LogP contribution in [0.3, 0.4) is 0 Å². The molecule has 0 aromatic heterocycles. The summed E-state index contributed by atoms with van der Waals surface area (Å²) in [4.78, 5) is 26.9. The molecule has 144 valence electrons. The molecule has 8 heteroatoms. The number of anilines is 2. The maximum absolute atomic E-state index is 12.1. The van der Waals surface area contributed by atoms with E-state index < -0.39 is 6.09 Å². The van der Waals surface area contributed by atoms with Gasteiger partial charge in [0.05, 0.1) is 13.1 Å². The van der Waals surface area contributed by atoms with E-state index in [1.807, 2.05) is 36.4 Å². The number of allylic oxidation sites excluding steroid dienone is 1. The molecule has 1 aromatic carbocycles. The molecular formula is C20H21N5O3. The Morgan fingerprint density at radius 3 is 2.36 bits per heavy atom. The van der Waals surface area contributed by atoms with Crippen molar-refractivity contribution in [1.82, 2.24) is 5.32 Å². The van der Waals surface area contributed by atoms with Gasteiger partial charge in [-0.3, -0.25) is 9.69 Å². The van der Waals surface area contributed by atoms with Gasteiger partial charge in [-0.1, -0.05) is 0 Å². The summed E-state index contributed by atoms with van der Waals surface area (Å²) < 4.78 is 5.28. The number of rotatable bonds is 4. The van der Waals surface area contributed by atoms with E-state index >= 15 is 0 Å². The minimum absolute atomic E-state index is 0.157. The molecule has 8 nitrogen and oxygen atoms in total. The second-order valence-corrected chi connectivity index (χ2v) is 6.76. The lowest BCUT2D eigenvalue weighted by Crippen LogP contribution is -2.33. The largest absolute Gasteiger partial charge is 0.442 e. The third-order valence-electron chi connectivity index (χ3n) is 4.92. The molecule has 1 atom stereocenters. The number of nitrogens with one attached hydrogen (secondary N) is 1. The number of nitriles is 2. The van der Waals surface area contributed by atoms with Crippen molar-refractivity contribution in [2.45, 2.75) is 25.9 Å². The Hall–Kier alpha value is -3.52. The van der Waals surface area contributed by atoms with Gasteiger partial charge < -0.3 is 15.0 Å². The molecule has 2 aliphatic rings. The summed E-state index contributed by atoms with van der Waals surface area (Å²) in [7, 11) is 0. The first-order valence-corrected chi connectivity index (χ1v) is 9.11. The average molecular weight is 379 g/mol. The molecule has 0 saturated carbocycles. The van der Waals surface area contributed by atoms with Gasteiger partial charge in [0.2, 0.25) is 5.91 Å². The summed E-state index contributed by atoms with van der Waals surface area (Å²) in [6.07, 6.45) is 0.609. The fourth-order valence-electron chi connectivity index (χ4n) is 3.41. The Kier molecular flexibility index (Phi) is 5.81. The van der Waals surface area contributed by atoms with E-state index in [9.17, 15) is 9.59 Å². The molecule has 0 radical (unpaired) electrons. The lowest BCUT2D eigenvalue weighted by atomic mass is 9.98. The number of benzene rings is 1. The maximum atomic E-state index is 12.1. The van der Waals surface area contributed by atoms with E-state index in [0.717, 1.165) is 30.0 Å². The van der Waals surface area contributed by atoms with Gasteiger partial charge in [0.1, 0.15) is 23.8 Å². The molecule has 28 heavy (non-hydrogen) atoms. The van der Waals surface area contributed by atoms with Gasteiger partial charge in [-0.05, 0) is 42.7 Å². The Morgan fingerprint density at radius 1 is 1.18 bits per heavy atom. The minimum Gasteiger partial charge on any atom is -0.442 e. The van der Waals surface area contributed by atoms with Crippen LogP contribution in [-0.4, -0.2) is 44.3 Å². The predicted octanol–water partition coefficient (Wildman–Crippen LogP) is 2.09. The van der Waals surface area contributed by atoms with Crippen LogP contribution in [0.1, 0.15) is 19.8 Å². The van der Waals surface area contributed by atoms with Crippen LogP contribution in [0.2, 0.25) is 0 Å². The van der Waals surface area contributed by atoms with Gasteiger partial charge in [-0.15, -0.1) is 0 Å². The molecule has 1 unspecified atom stereocenters. The van der Waals surface area contributed by atoms with E-state index in [0.29, 0.717) is 25.9 Å². The molecule has 0 bridgehead atoms. The number of amides is 2. The van der Waals surface area contributed by atoms with Gasteiger partial charge in [0.25, 0.3) is 0 Å². The van der Waals surface area contributed by atoms with Gasteiger partial charge in [0, 0.05) is 31.4 Å². The molecule has 2 fully saturated rings. The van der Waals surface area contributed by atoms with E-state index in [1.54, 1.807) is 4.90 Å². The van der Waals surface area contributed by atoms with E-state index in [1.165, 1.54) is 6.92 Å². The summed E-state index contributed by atoms with van der Waals surface area (Å²) in [5, 5.41) is 20.6. The van der Waals surface area contributed by atoms with Crippen LogP contribution >= 0.6 is 0 Å². The molecule has 2 heterocycles. The Morgan fingerprint density at radius 2 is 1.79 bits per heavy atom. The highest BCUT2D eigenvalue weighted by atomic mass is 16.6. The third kappa shape index (κ3) is 4.24. The summed E-state index contributed by atoms with van der Waals surface area (Å²) in [5.41, 5.74) is 2.92. The molecule has 0 spiro atoms. The number of hydrogen-bond donors (Lipinski definition) is 1. The number of nitrogens with zero attached hydrogens (tertiary/aromatic N) is 4. The number of piperidine rings is 1. The Bertz CT molecular complexity index is 853. The fraction of sp³-hybridized carbons (Fsp3) is 0.400. The zero-order valence-electron chi connectivity index (χ0n) is 15.6. The molecule has 0 aliphatic carbocycles. The number of cyclic esters (lactones) is 1. The quantitative estimate of drug-likeness (QED) is 0.802. The van der Waals surface area contributed by atoms with Crippen molar-refractivity contribution < 1.29 is 14.3 Å². The summed E-state index contributed by atoms with van der Waals surface area (Å²) in [5.74, 6) is -0.157. The lowest BCUT2D eigenvalue weighted by molar-refractivity contribution is -0.119. The van der Waals surface area contributed by atoms with Crippen molar-refractivity contribution in [1.29, 1.82) is 10.5 Å². The zero-order chi connectivity index (χ0) is 20.1. The Balaban J connectivity index is 1.61. The Labute approximate surface area is 163 Å². The second-order valence-electron chi connectivity index (χ2n) is 6.76. The van der Waals surface area contributed by atoms with Crippen molar-refractivity contribution in [3.8, 4) is 12.1 Å². The standard InChI is InChI=1S/C20H21N5O3/c1-14(26)23-12-19-13-25(20(27)28-19)18-4-2-17(3-5-18)24-8-6-15(7-9-24)16(10-21)11-22/h2-5,19H,6-9,12-13H2,1H3,(H,23,26). The van der Waals surface area contributed by atoms with Crippen LogP contribution in [0.5, 0.6) is 0 Å². The van der Waals surface area contributed by atoms with Crippen LogP contribution in [0, 0.1) is 22.7 Å². The van der Waals surface area contributed by atoms with Gasteiger partial charge in [-0.2, -0.15) is 10.5 Å². The normalized spacial score (nSPS) is 18.9. The van der Waals surface area contributed by atoms with E-state index in [-0.39, 0.29) is 17.6 Å². The maximum Gasteiger partial charge on any atom is 0.414 e. The van der Waals surface area contributed by atoms with Gasteiger partial charge in [-0.25, -0.2) is 4.79 Å². The van der Waals surface area contributed by atoms with Crippen LogP contribution in [0.15, 0.2) is 35.4 Å². The van der Waals surface area contributed by atoms with Gasteiger partial charge in [0.15, 0.2) is 0 Å². The monoisotopic (exact) mass is 379 g/mol. The number of ether oxygens (including phenoxy) is 1. The minimum atomic E-state index is -0.420. The summed E-state index contributed by atoms with van der Waals surface area (Å²) in [6.45, 7) is 3.60. The van der Waals surface area contributed by atoms with Crippen LogP contribution in [0.25, 0.3) is 0 Å². The van der Waals surface area contributed by atoms with E-state index in [2.05, 4.69) is 10.2 Å². The highest BCUT2D eigenvalue weighted by Crippen LogP contribution is 2.28. The SMILES string of the molecule is CC(=O)NCC1CN(c2ccc(N3CCC(=C(C#N)C#N)CC3)cc2)C(=O)O1. The first-order chi connectivity index (χ1) is 13.5. The first kappa shape index (κ1) is 19.2. The molecule has 1 aromatic rings. The van der Waals surface area contributed by atoms with Crippen LogP contribution in [-0.2, 0) is 9.53 Å². The van der Waals surface area contributed by atoms with Crippen LogP contribution < -0.4 is 15.1 Å². The fourth-order valence-corrected chi connectivity index (χ4v) is 3.41. The summed E-state index contributed by atoms with van der Waals surface area (Å²) in [6, 6.07) is 11.6. The van der Waals surface area contributed by atoms with Crippen molar-refractivity contribution in [2.75, 3.05) is 36.0 Å². The zero-order valence-corrected chi connectivity index (χ0v) is 15.6. The first-order valence-electron chi connectivity index (χ1n) is 9.11. The van der Waals surface area contributed by atoms with Crippen molar-refractivity contribution >= 4 is 23.4 Å². The second kappa shape index (κ2) is 8.45. The number of carbonyl (C=O) groups excluding carboxylic acids is 2. The highest BCUT2D eigenvalue weighted by Gasteiger charge is 2.32. The molecular weight excluding hydrogens is 358 g/mol. The third-order valence-corrected chi connectivity index (χ3v) is 4.92. The van der Waals surface area contributed by atoms with Gasteiger partial charge >= 0.3 is 6.09 Å². The van der Waals surface area contributed by atoms with Crippen molar-refractivity contribution in [3.05, 3.63) is 35.4 Å². The van der Waals surface area contributed by atoms with Crippen molar-refractivity contribution in [3.63, 3.8) is 0 Å². The molecule has 3 rings (SSSR count). The van der Waals surface area contributed by atoms with Crippen molar-refractivity contribution in [2.24, 2.45) is 0 Å². The number of hydrogen-bond acceptors (Lipinski definition) is 6. The number of carbonyl (C=O) groups is 2. The summed E-state index contributed by atoms with van der Waals surface area (Å²) >= 11 is 0. The smallest absolute Gasteiger partial charge is 0.414 e. The molecule has 2 amide bonds. The predicted molar refractivity (Wildman–Crippen MR) is 102 cm³/mol. The average Bonchev–Trinajstić information content (AvgIpc) is 3.09.